The van der Waals surface area contributed by atoms with Crippen LogP contribution in [0.15, 0.2) is 0 Å². The van der Waals surface area contributed by atoms with Gasteiger partial charge in [0.25, 0.3) is 0 Å². The van der Waals surface area contributed by atoms with E-state index in [2.05, 4.69) is 0 Å². The highest BCUT2D eigenvalue weighted by atomic mass is 32.2. The van der Waals surface area contributed by atoms with Crippen LogP contribution < -0.4 is 0 Å². The number of aliphatic hydroxyl groups is 1. The van der Waals surface area contributed by atoms with Crippen molar-refractivity contribution >= 4 is 11.1 Å². The van der Waals surface area contributed by atoms with Crippen LogP contribution in [0.1, 0.15) is 26.7 Å². The van der Waals surface area contributed by atoms with Gasteiger partial charge in [-0.3, -0.25) is 0 Å². The molecule has 0 aromatic carbocycles. The van der Waals surface area contributed by atoms with Gasteiger partial charge in [-0.15, -0.1) is 0 Å². The molecule has 0 spiro atoms. The van der Waals surface area contributed by atoms with Crippen LogP contribution in [0.4, 0.5) is 0 Å². The van der Waals surface area contributed by atoms with Crippen molar-refractivity contribution in [1.29, 1.82) is 0 Å². The topological polar surface area (TPSA) is 57.5 Å². The fourth-order valence-corrected chi connectivity index (χ4v) is 0.911. The molecule has 0 aliphatic heterocycles. The molecule has 0 bridgehead atoms. The molecule has 1 unspecified atom stereocenters. The van der Waals surface area contributed by atoms with Crippen LogP contribution in [0.25, 0.3) is 0 Å². The maximum Gasteiger partial charge on any atom is 0.158 e. The summed E-state index contributed by atoms with van der Waals surface area (Å²) >= 11 is -1.79. The Kier molecular flexibility index (Phi) is 4.08. The fraction of sp³-hybridized carbons (Fsp3) is 1.00. The van der Waals surface area contributed by atoms with E-state index in [9.17, 15) is 4.21 Å². The van der Waals surface area contributed by atoms with Crippen molar-refractivity contribution in [2.75, 3.05) is 6.61 Å². The highest BCUT2D eigenvalue weighted by molar-refractivity contribution is 7.80. The van der Waals surface area contributed by atoms with Crippen LogP contribution in [-0.4, -0.2) is 25.2 Å². The largest absolute Gasteiger partial charge is 0.396 e. The van der Waals surface area contributed by atoms with Gasteiger partial charge in [-0.05, 0) is 26.7 Å². The molecule has 0 heterocycles. The van der Waals surface area contributed by atoms with E-state index in [1.165, 1.54) is 0 Å². The summed E-state index contributed by atoms with van der Waals surface area (Å²) in [6, 6.07) is 0. The zero-order valence-electron chi connectivity index (χ0n) is 6.33. The highest BCUT2D eigenvalue weighted by Crippen LogP contribution is 2.17. The lowest BCUT2D eigenvalue weighted by molar-refractivity contribution is 0.277. The van der Waals surface area contributed by atoms with Gasteiger partial charge in [-0.2, -0.15) is 0 Å². The third kappa shape index (κ3) is 3.29. The minimum atomic E-state index is -1.79. The van der Waals surface area contributed by atoms with Gasteiger partial charge in [0.2, 0.25) is 0 Å². The van der Waals surface area contributed by atoms with E-state index in [-0.39, 0.29) is 6.61 Å². The standard InChI is InChI=1S/C6H14O3S/c1-6(2,10(8)9)4-3-5-7/h7H,3-5H2,1-2H3,(H,8,9). The first-order valence-corrected chi connectivity index (χ1v) is 4.33. The molecule has 0 saturated heterocycles. The lowest BCUT2D eigenvalue weighted by Crippen LogP contribution is -2.26. The zero-order chi connectivity index (χ0) is 8.20. The predicted molar refractivity (Wildman–Crippen MR) is 41.2 cm³/mol. The van der Waals surface area contributed by atoms with E-state index < -0.39 is 15.8 Å². The molecular weight excluding hydrogens is 152 g/mol. The number of rotatable bonds is 4. The summed E-state index contributed by atoms with van der Waals surface area (Å²) in [5.41, 5.74) is 0. The van der Waals surface area contributed by atoms with Crippen molar-refractivity contribution in [3.8, 4) is 0 Å². The third-order valence-corrected chi connectivity index (χ3v) is 2.56. The summed E-state index contributed by atoms with van der Waals surface area (Å²) in [7, 11) is 0. The molecule has 0 saturated carbocycles. The molecule has 0 aromatic rings. The summed E-state index contributed by atoms with van der Waals surface area (Å²) in [6.45, 7) is 3.50. The van der Waals surface area contributed by atoms with Crippen LogP contribution >= 0.6 is 0 Å². The SMILES string of the molecule is CC(C)(CCCO)S(=O)O. The fourth-order valence-electron chi connectivity index (χ4n) is 0.592. The maximum absolute atomic E-state index is 10.6. The van der Waals surface area contributed by atoms with Crippen LogP contribution in [0.5, 0.6) is 0 Å². The van der Waals surface area contributed by atoms with Crippen molar-refractivity contribution in [3.05, 3.63) is 0 Å². The van der Waals surface area contributed by atoms with E-state index >= 15 is 0 Å². The van der Waals surface area contributed by atoms with E-state index in [4.69, 9.17) is 9.66 Å². The second kappa shape index (κ2) is 4.05. The van der Waals surface area contributed by atoms with Crippen molar-refractivity contribution in [2.24, 2.45) is 0 Å². The van der Waals surface area contributed by atoms with Crippen LogP contribution in [0.2, 0.25) is 0 Å². The van der Waals surface area contributed by atoms with Gasteiger partial charge in [-0.1, -0.05) is 0 Å². The van der Waals surface area contributed by atoms with Gasteiger partial charge in [0, 0.05) is 6.61 Å². The second-order valence-corrected chi connectivity index (χ2v) is 4.44. The number of hydrogen-bond acceptors (Lipinski definition) is 2. The predicted octanol–water partition coefficient (Wildman–Crippen LogP) is 0.759. The molecule has 0 radical (unpaired) electrons. The van der Waals surface area contributed by atoms with Crippen molar-refractivity contribution < 1.29 is 13.9 Å². The Morgan fingerprint density at radius 2 is 2.00 bits per heavy atom. The Bertz CT molecular complexity index is 122. The molecule has 4 heteroatoms. The van der Waals surface area contributed by atoms with E-state index in [0.717, 1.165) is 0 Å². The lowest BCUT2D eigenvalue weighted by atomic mass is 10.1. The molecule has 62 valence electrons. The van der Waals surface area contributed by atoms with Gasteiger partial charge in [0.05, 0.1) is 4.75 Å². The average molecular weight is 166 g/mol. The Morgan fingerprint density at radius 1 is 1.50 bits per heavy atom. The minimum absolute atomic E-state index is 0.0840. The summed E-state index contributed by atoms with van der Waals surface area (Å²) in [5.74, 6) is 0. The Hall–Kier alpha value is 0.0700. The normalized spacial score (nSPS) is 15.2. The van der Waals surface area contributed by atoms with Gasteiger partial charge in [0.1, 0.15) is 0 Å². The molecule has 0 fully saturated rings. The maximum atomic E-state index is 10.6. The molecule has 3 nitrogen and oxygen atoms in total. The van der Waals surface area contributed by atoms with E-state index in [0.29, 0.717) is 12.8 Å². The molecular formula is C6H14O3S. The summed E-state index contributed by atoms with van der Waals surface area (Å²) < 4.78 is 18.7. The summed E-state index contributed by atoms with van der Waals surface area (Å²) in [5, 5.41) is 8.43. The zero-order valence-corrected chi connectivity index (χ0v) is 7.15. The first kappa shape index (κ1) is 10.1. The van der Waals surface area contributed by atoms with Crippen LogP contribution in [-0.2, 0) is 11.1 Å². The van der Waals surface area contributed by atoms with Crippen molar-refractivity contribution in [1.82, 2.24) is 0 Å². The van der Waals surface area contributed by atoms with Crippen LogP contribution in [0.3, 0.4) is 0 Å². The first-order chi connectivity index (χ1) is 4.50. The molecule has 0 aromatic heterocycles. The lowest BCUT2D eigenvalue weighted by Gasteiger charge is -2.18. The van der Waals surface area contributed by atoms with E-state index in [1.807, 2.05) is 0 Å². The monoisotopic (exact) mass is 166 g/mol. The minimum Gasteiger partial charge on any atom is -0.396 e. The molecule has 10 heavy (non-hydrogen) atoms. The molecule has 0 aliphatic carbocycles. The van der Waals surface area contributed by atoms with Crippen molar-refractivity contribution in [2.45, 2.75) is 31.4 Å². The Balaban J connectivity index is 3.75. The van der Waals surface area contributed by atoms with Crippen molar-refractivity contribution in [3.63, 3.8) is 0 Å². The summed E-state index contributed by atoms with van der Waals surface area (Å²) in [6.07, 6.45) is 1.16. The average Bonchev–Trinajstić information content (AvgIpc) is 1.84. The smallest absolute Gasteiger partial charge is 0.158 e. The first-order valence-electron chi connectivity index (χ1n) is 3.22. The highest BCUT2D eigenvalue weighted by Gasteiger charge is 2.23. The second-order valence-electron chi connectivity index (χ2n) is 2.84. The molecule has 2 N–H and O–H groups in total. The van der Waals surface area contributed by atoms with E-state index in [1.54, 1.807) is 13.8 Å². The van der Waals surface area contributed by atoms with Gasteiger partial charge >= 0.3 is 0 Å². The quantitative estimate of drug-likeness (QED) is 0.606. The molecule has 0 aliphatic rings. The molecule has 0 rings (SSSR count). The van der Waals surface area contributed by atoms with Gasteiger partial charge in [0.15, 0.2) is 11.1 Å². The number of aliphatic hydroxyl groups excluding tert-OH is 1. The summed E-state index contributed by atoms with van der Waals surface area (Å²) in [4.78, 5) is 0. The molecule has 0 amide bonds. The third-order valence-electron chi connectivity index (χ3n) is 1.41. The Morgan fingerprint density at radius 3 is 2.30 bits per heavy atom. The van der Waals surface area contributed by atoms with Gasteiger partial charge < -0.3 is 9.66 Å². The Labute approximate surface area is 63.7 Å². The van der Waals surface area contributed by atoms with Crippen LogP contribution in [0, 0.1) is 0 Å². The molecule has 1 atom stereocenters. The van der Waals surface area contributed by atoms with Gasteiger partial charge in [-0.25, -0.2) is 4.21 Å². The number of hydrogen-bond donors (Lipinski definition) is 2.